The number of hydrogen-bond donors (Lipinski definition) is 1. The molecule has 2 heterocycles. The summed E-state index contributed by atoms with van der Waals surface area (Å²) in [7, 11) is 3.05. The van der Waals surface area contributed by atoms with Gasteiger partial charge in [0.25, 0.3) is 11.5 Å². The molecule has 1 saturated carbocycles. The Morgan fingerprint density at radius 1 is 1.19 bits per heavy atom. The van der Waals surface area contributed by atoms with Crippen molar-refractivity contribution < 1.29 is 14.3 Å². The first kappa shape index (κ1) is 17.8. The standard InChI is InChI=1S/C17H21N5O4/c1-22-16(23)8-7-13(21-22)17(24)19-11-3-5-12(6-4-11)26-15-10-18-9-14(20-15)25-2/h7-12H,3-6H2,1-2H3,(H,19,24). The van der Waals surface area contributed by atoms with Gasteiger partial charge in [-0.3, -0.25) is 14.6 Å². The van der Waals surface area contributed by atoms with Crippen LogP contribution in [-0.2, 0) is 7.05 Å². The van der Waals surface area contributed by atoms with Gasteiger partial charge in [-0.15, -0.1) is 0 Å². The maximum Gasteiger partial charge on any atom is 0.271 e. The van der Waals surface area contributed by atoms with E-state index >= 15 is 0 Å². The molecule has 1 fully saturated rings. The quantitative estimate of drug-likeness (QED) is 0.837. The third-order valence-electron chi connectivity index (χ3n) is 4.29. The zero-order valence-corrected chi connectivity index (χ0v) is 14.7. The molecule has 1 aliphatic rings. The molecule has 9 nitrogen and oxygen atoms in total. The van der Waals surface area contributed by atoms with E-state index < -0.39 is 0 Å². The summed E-state index contributed by atoms with van der Waals surface area (Å²) in [5.41, 5.74) is -0.0167. The van der Waals surface area contributed by atoms with Crippen molar-refractivity contribution in [3.63, 3.8) is 0 Å². The van der Waals surface area contributed by atoms with Gasteiger partial charge in [-0.25, -0.2) is 4.68 Å². The molecule has 0 atom stereocenters. The van der Waals surface area contributed by atoms with Gasteiger partial charge in [-0.2, -0.15) is 10.1 Å². The highest BCUT2D eigenvalue weighted by molar-refractivity contribution is 5.92. The van der Waals surface area contributed by atoms with Gasteiger partial charge in [-0.05, 0) is 31.7 Å². The molecule has 2 aromatic heterocycles. The normalized spacial score (nSPS) is 19.6. The molecule has 0 aliphatic heterocycles. The molecule has 0 radical (unpaired) electrons. The van der Waals surface area contributed by atoms with Crippen LogP contribution in [0.3, 0.4) is 0 Å². The zero-order chi connectivity index (χ0) is 18.5. The van der Waals surface area contributed by atoms with E-state index in [-0.39, 0.29) is 29.3 Å². The van der Waals surface area contributed by atoms with Gasteiger partial charge in [-0.1, -0.05) is 0 Å². The van der Waals surface area contributed by atoms with E-state index in [0.29, 0.717) is 11.8 Å². The number of carbonyl (C=O) groups excluding carboxylic acids is 1. The van der Waals surface area contributed by atoms with Crippen LogP contribution in [0.25, 0.3) is 0 Å². The maximum absolute atomic E-state index is 12.3. The number of rotatable bonds is 5. The smallest absolute Gasteiger partial charge is 0.271 e. The number of methoxy groups -OCH3 is 1. The molecule has 9 heteroatoms. The van der Waals surface area contributed by atoms with Gasteiger partial charge in [0.2, 0.25) is 11.8 Å². The van der Waals surface area contributed by atoms with Gasteiger partial charge < -0.3 is 14.8 Å². The summed E-state index contributed by atoms with van der Waals surface area (Å²) >= 11 is 0. The Balaban J connectivity index is 1.51. The lowest BCUT2D eigenvalue weighted by Crippen LogP contribution is -2.40. The monoisotopic (exact) mass is 359 g/mol. The summed E-state index contributed by atoms with van der Waals surface area (Å²) in [6.45, 7) is 0. The minimum Gasteiger partial charge on any atom is -0.480 e. The van der Waals surface area contributed by atoms with Crippen LogP contribution in [0, 0.1) is 0 Å². The Morgan fingerprint density at radius 2 is 1.92 bits per heavy atom. The topological polar surface area (TPSA) is 108 Å². The first-order chi connectivity index (χ1) is 12.5. The summed E-state index contributed by atoms with van der Waals surface area (Å²) in [6.07, 6.45) is 6.28. The SMILES string of the molecule is COc1cncc(OC2CCC(NC(=O)c3ccc(=O)n(C)n3)CC2)n1. The van der Waals surface area contributed by atoms with Gasteiger partial charge in [0, 0.05) is 19.2 Å². The summed E-state index contributed by atoms with van der Waals surface area (Å²) in [6, 6.07) is 2.83. The predicted molar refractivity (Wildman–Crippen MR) is 92.2 cm³/mol. The van der Waals surface area contributed by atoms with E-state index in [1.54, 1.807) is 6.20 Å². The first-order valence-electron chi connectivity index (χ1n) is 8.43. The third-order valence-corrected chi connectivity index (χ3v) is 4.29. The molecule has 1 aliphatic carbocycles. The van der Waals surface area contributed by atoms with E-state index in [2.05, 4.69) is 20.4 Å². The summed E-state index contributed by atoms with van der Waals surface area (Å²) in [5, 5.41) is 6.93. The minimum absolute atomic E-state index is 0.0280. The average Bonchev–Trinajstić information content (AvgIpc) is 2.65. The van der Waals surface area contributed by atoms with Crippen LogP contribution in [0.15, 0.2) is 29.3 Å². The number of ether oxygens (including phenoxy) is 2. The summed E-state index contributed by atoms with van der Waals surface area (Å²) < 4.78 is 12.0. The number of aromatic nitrogens is 4. The highest BCUT2D eigenvalue weighted by Gasteiger charge is 2.25. The van der Waals surface area contributed by atoms with Gasteiger partial charge >= 0.3 is 0 Å². The molecule has 138 valence electrons. The lowest BCUT2D eigenvalue weighted by molar-refractivity contribution is 0.0882. The van der Waals surface area contributed by atoms with E-state index in [1.165, 1.54) is 32.5 Å². The van der Waals surface area contributed by atoms with Gasteiger partial charge in [0.15, 0.2) is 0 Å². The van der Waals surface area contributed by atoms with Crippen LogP contribution >= 0.6 is 0 Å². The van der Waals surface area contributed by atoms with Crippen LogP contribution in [-0.4, -0.2) is 44.9 Å². The summed E-state index contributed by atoms with van der Waals surface area (Å²) in [5.74, 6) is 0.572. The molecular formula is C17H21N5O4. The molecule has 1 amide bonds. The van der Waals surface area contributed by atoms with Crippen molar-refractivity contribution in [3.05, 3.63) is 40.6 Å². The van der Waals surface area contributed by atoms with E-state index in [4.69, 9.17) is 9.47 Å². The fourth-order valence-corrected chi connectivity index (χ4v) is 2.86. The largest absolute Gasteiger partial charge is 0.480 e. The highest BCUT2D eigenvalue weighted by Crippen LogP contribution is 2.23. The number of hydrogen-bond acceptors (Lipinski definition) is 7. The van der Waals surface area contributed by atoms with Crippen molar-refractivity contribution in [1.82, 2.24) is 25.1 Å². The van der Waals surface area contributed by atoms with Crippen molar-refractivity contribution in [2.24, 2.45) is 7.05 Å². The predicted octanol–water partition coefficient (Wildman–Crippen LogP) is 0.699. The van der Waals surface area contributed by atoms with Crippen LogP contribution in [0.4, 0.5) is 0 Å². The van der Waals surface area contributed by atoms with Crippen molar-refractivity contribution >= 4 is 5.91 Å². The second kappa shape index (κ2) is 7.94. The van der Waals surface area contributed by atoms with Crippen LogP contribution < -0.4 is 20.3 Å². The number of nitrogens with zero attached hydrogens (tertiary/aromatic N) is 4. The molecule has 1 N–H and O–H groups in total. The Kier molecular flexibility index (Phi) is 5.45. The van der Waals surface area contributed by atoms with Crippen molar-refractivity contribution in [2.45, 2.75) is 37.8 Å². The molecule has 0 bridgehead atoms. The first-order valence-corrected chi connectivity index (χ1v) is 8.43. The van der Waals surface area contributed by atoms with E-state index in [1.807, 2.05) is 0 Å². The van der Waals surface area contributed by atoms with Gasteiger partial charge in [0.05, 0.1) is 19.5 Å². The fraction of sp³-hybridized carbons (Fsp3) is 0.471. The fourth-order valence-electron chi connectivity index (χ4n) is 2.86. The zero-order valence-electron chi connectivity index (χ0n) is 14.7. The van der Waals surface area contributed by atoms with Crippen molar-refractivity contribution in [2.75, 3.05) is 7.11 Å². The lowest BCUT2D eigenvalue weighted by atomic mass is 9.93. The molecular weight excluding hydrogens is 338 g/mol. The average molecular weight is 359 g/mol. The second-order valence-corrected chi connectivity index (χ2v) is 6.15. The Bertz CT molecular complexity index is 830. The van der Waals surface area contributed by atoms with Crippen molar-refractivity contribution in [3.8, 4) is 11.8 Å². The summed E-state index contributed by atoms with van der Waals surface area (Å²) in [4.78, 5) is 31.8. The van der Waals surface area contributed by atoms with Crippen LogP contribution in [0.2, 0.25) is 0 Å². The van der Waals surface area contributed by atoms with E-state index in [0.717, 1.165) is 30.4 Å². The third kappa shape index (κ3) is 4.35. The highest BCUT2D eigenvalue weighted by atomic mass is 16.5. The van der Waals surface area contributed by atoms with Crippen LogP contribution in [0.1, 0.15) is 36.2 Å². The van der Waals surface area contributed by atoms with E-state index in [9.17, 15) is 9.59 Å². The molecule has 2 aromatic rings. The lowest BCUT2D eigenvalue weighted by Gasteiger charge is -2.29. The van der Waals surface area contributed by atoms with Crippen LogP contribution in [0.5, 0.6) is 11.8 Å². The molecule has 3 rings (SSSR count). The number of amides is 1. The second-order valence-electron chi connectivity index (χ2n) is 6.15. The Labute approximate surface area is 150 Å². The number of carbonyl (C=O) groups is 1. The number of nitrogens with one attached hydrogen (secondary N) is 1. The molecule has 0 unspecified atom stereocenters. The Hall–Kier alpha value is -2.97. The van der Waals surface area contributed by atoms with Gasteiger partial charge in [0.1, 0.15) is 11.8 Å². The maximum atomic E-state index is 12.3. The molecule has 0 spiro atoms. The number of aryl methyl sites for hydroxylation is 1. The molecule has 0 saturated heterocycles. The minimum atomic E-state index is -0.274. The van der Waals surface area contributed by atoms with Crippen molar-refractivity contribution in [1.29, 1.82) is 0 Å². The molecule has 0 aromatic carbocycles. The molecule has 26 heavy (non-hydrogen) atoms. The Morgan fingerprint density at radius 3 is 2.62 bits per heavy atom.